The van der Waals surface area contributed by atoms with Crippen LogP contribution in [-0.2, 0) is 24.1 Å². The van der Waals surface area contributed by atoms with Crippen molar-refractivity contribution < 1.29 is 18.0 Å². The highest BCUT2D eigenvalue weighted by Crippen LogP contribution is 2.32. The number of carbonyl (C=O) groups excluding carboxylic acids is 1. The molecule has 150 valence electrons. The van der Waals surface area contributed by atoms with Gasteiger partial charge in [-0.2, -0.15) is 13.2 Å². The highest BCUT2D eigenvalue weighted by molar-refractivity contribution is 5.81. The lowest BCUT2D eigenvalue weighted by Gasteiger charge is -2.22. The number of alkyl halides is 3. The molecule has 2 atom stereocenters. The summed E-state index contributed by atoms with van der Waals surface area (Å²) in [5, 5.41) is 5.88. The van der Waals surface area contributed by atoms with Gasteiger partial charge in [0.2, 0.25) is 5.91 Å². The summed E-state index contributed by atoms with van der Waals surface area (Å²) in [5.41, 5.74) is 0.614. The number of halogens is 3. The minimum absolute atomic E-state index is 0.0783. The normalized spacial score (nSPS) is 20.3. The summed E-state index contributed by atoms with van der Waals surface area (Å²) in [5.74, 6) is -0.0888. The molecule has 0 saturated carbocycles. The number of nitrogens with zero attached hydrogens (tertiary/aromatic N) is 2. The van der Waals surface area contributed by atoms with Gasteiger partial charge in [0.15, 0.2) is 0 Å². The Hall–Kier alpha value is -2.45. The van der Waals surface area contributed by atoms with Gasteiger partial charge in [0.1, 0.15) is 0 Å². The molecule has 0 spiro atoms. The molecule has 0 bridgehead atoms. The number of amides is 1. The Morgan fingerprint density at radius 1 is 1.21 bits per heavy atom. The van der Waals surface area contributed by atoms with Gasteiger partial charge in [-0.1, -0.05) is 18.2 Å². The first-order chi connectivity index (χ1) is 13.4. The molecule has 2 N–H and O–H groups in total. The number of nitrogens with one attached hydrogen (secondary N) is 2. The second kappa shape index (κ2) is 8.70. The summed E-state index contributed by atoms with van der Waals surface area (Å²) in [6, 6.07) is 8.94. The van der Waals surface area contributed by atoms with E-state index in [0.717, 1.165) is 11.6 Å². The van der Waals surface area contributed by atoms with Gasteiger partial charge >= 0.3 is 6.18 Å². The highest BCUT2D eigenvalue weighted by Gasteiger charge is 2.37. The van der Waals surface area contributed by atoms with Crippen LogP contribution in [0.1, 0.15) is 23.1 Å². The summed E-state index contributed by atoms with van der Waals surface area (Å²) in [7, 11) is 1.59. The third kappa shape index (κ3) is 4.88. The molecule has 1 saturated heterocycles. The number of pyridine rings is 1. The molecule has 8 heteroatoms. The molecule has 0 aliphatic carbocycles. The molecule has 1 aromatic heterocycles. The van der Waals surface area contributed by atoms with Crippen molar-refractivity contribution in [2.75, 3.05) is 13.6 Å². The predicted molar refractivity (Wildman–Crippen MR) is 99.2 cm³/mol. The van der Waals surface area contributed by atoms with Crippen molar-refractivity contribution in [2.45, 2.75) is 37.8 Å². The van der Waals surface area contributed by atoms with E-state index in [1.165, 1.54) is 12.1 Å². The second-order valence-corrected chi connectivity index (χ2v) is 6.88. The predicted octanol–water partition coefficient (Wildman–Crippen LogP) is 2.58. The quantitative estimate of drug-likeness (QED) is 0.794. The largest absolute Gasteiger partial charge is 0.416 e. The zero-order valence-electron chi connectivity index (χ0n) is 15.5. The van der Waals surface area contributed by atoms with Crippen LogP contribution in [0.3, 0.4) is 0 Å². The Kier molecular flexibility index (Phi) is 6.31. The van der Waals surface area contributed by atoms with Gasteiger partial charge in [-0.25, -0.2) is 0 Å². The zero-order chi connectivity index (χ0) is 20.1. The van der Waals surface area contributed by atoms with Crippen LogP contribution in [0.15, 0.2) is 48.8 Å². The number of likely N-dealkylation sites (tertiary alicyclic amines) is 1. The van der Waals surface area contributed by atoms with Gasteiger partial charge in [0.05, 0.1) is 11.6 Å². The number of rotatable bonds is 6. The van der Waals surface area contributed by atoms with Crippen molar-refractivity contribution in [2.24, 2.45) is 0 Å². The number of hydrogen-bond acceptors (Lipinski definition) is 4. The summed E-state index contributed by atoms with van der Waals surface area (Å²) in [4.78, 5) is 18.3. The molecule has 28 heavy (non-hydrogen) atoms. The van der Waals surface area contributed by atoms with Gasteiger partial charge < -0.3 is 10.6 Å². The third-order valence-electron chi connectivity index (χ3n) is 4.99. The van der Waals surface area contributed by atoms with Crippen molar-refractivity contribution >= 4 is 5.91 Å². The lowest BCUT2D eigenvalue weighted by atomic mass is 10.1. The van der Waals surface area contributed by atoms with Crippen LogP contribution >= 0.6 is 0 Å². The molecule has 1 aromatic carbocycles. The van der Waals surface area contributed by atoms with E-state index in [1.807, 2.05) is 17.0 Å². The van der Waals surface area contributed by atoms with E-state index in [-0.39, 0.29) is 30.1 Å². The molecular formula is C20H23F3N4O. The lowest BCUT2D eigenvalue weighted by molar-refractivity contribution is -0.138. The van der Waals surface area contributed by atoms with E-state index in [9.17, 15) is 18.0 Å². The van der Waals surface area contributed by atoms with Crippen molar-refractivity contribution in [3.8, 4) is 0 Å². The Balaban J connectivity index is 1.68. The smallest absolute Gasteiger partial charge is 0.358 e. The maximum atomic E-state index is 13.2. The molecule has 1 aliphatic rings. The van der Waals surface area contributed by atoms with Crippen LogP contribution in [0.25, 0.3) is 0 Å². The minimum Gasteiger partial charge on any atom is -0.358 e. The van der Waals surface area contributed by atoms with Gasteiger partial charge in [-0.15, -0.1) is 0 Å². The fourth-order valence-corrected chi connectivity index (χ4v) is 3.59. The molecule has 2 aromatic rings. The topological polar surface area (TPSA) is 57.3 Å². The Labute approximate surface area is 162 Å². The number of aromatic nitrogens is 1. The Bertz CT molecular complexity index is 798. The SMILES string of the molecule is CNC(=O)[C@@H]1C[C@@H](NCc2ccccc2C(F)(F)F)CN1Cc1ccncc1. The van der Waals surface area contributed by atoms with E-state index >= 15 is 0 Å². The first-order valence-electron chi connectivity index (χ1n) is 9.11. The van der Waals surface area contributed by atoms with Crippen LogP contribution in [-0.4, -0.2) is 41.5 Å². The molecule has 3 rings (SSSR count). The van der Waals surface area contributed by atoms with E-state index < -0.39 is 11.7 Å². The molecule has 2 heterocycles. The molecule has 1 aliphatic heterocycles. The second-order valence-electron chi connectivity index (χ2n) is 6.88. The molecule has 1 amide bonds. The van der Waals surface area contributed by atoms with Crippen LogP contribution in [0.4, 0.5) is 13.2 Å². The fourth-order valence-electron chi connectivity index (χ4n) is 3.59. The summed E-state index contributed by atoms with van der Waals surface area (Å²) < 4.78 is 39.5. The van der Waals surface area contributed by atoms with Crippen LogP contribution in [0.2, 0.25) is 0 Å². The first kappa shape index (κ1) is 20.3. The highest BCUT2D eigenvalue weighted by atomic mass is 19.4. The lowest BCUT2D eigenvalue weighted by Crippen LogP contribution is -2.41. The molecule has 5 nitrogen and oxygen atoms in total. The van der Waals surface area contributed by atoms with E-state index in [4.69, 9.17) is 0 Å². The van der Waals surface area contributed by atoms with E-state index in [0.29, 0.717) is 19.5 Å². The first-order valence-corrected chi connectivity index (χ1v) is 9.11. The monoisotopic (exact) mass is 392 g/mol. The van der Waals surface area contributed by atoms with E-state index in [1.54, 1.807) is 25.5 Å². The number of benzene rings is 1. The standard InChI is InChI=1S/C20H23F3N4O/c1-24-19(28)18-10-16(13-27(18)12-14-6-8-25-9-7-14)26-11-15-4-2-3-5-17(15)20(21,22)23/h2-9,16,18,26H,10-13H2,1H3,(H,24,28)/t16-,18+/m1/s1. The fraction of sp³-hybridized carbons (Fsp3) is 0.400. The van der Waals surface area contributed by atoms with Crippen LogP contribution in [0.5, 0.6) is 0 Å². The average molecular weight is 392 g/mol. The average Bonchev–Trinajstić information content (AvgIpc) is 3.08. The number of likely N-dealkylation sites (N-methyl/N-ethyl adjacent to an activating group) is 1. The van der Waals surface area contributed by atoms with Gasteiger partial charge in [-0.3, -0.25) is 14.7 Å². The van der Waals surface area contributed by atoms with Gasteiger partial charge in [0, 0.05) is 45.1 Å². The van der Waals surface area contributed by atoms with Gasteiger partial charge in [0.25, 0.3) is 0 Å². The van der Waals surface area contributed by atoms with Crippen LogP contribution in [0, 0.1) is 0 Å². The van der Waals surface area contributed by atoms with Crippen molar-refractivity contribution in [1.29, 1.82) is 0 Å². The Morgan fingerprint density at radius 3 is 2.61 bits per heavy atom. The summed E-state index contributed by atoms with van der Waals surface area (Å²) in [6.07, 6.45) is -0.445. The van der Waals surface area contributed by atoms with Crippen LogP contribution < -0.4 is 10.6 Å². The molecule has 1 fully saturated rings. The van der Waals surface area contributed by atoms with Gasteiger partial charge in [-0.05, 0) is 35.7 Å². The number of hydrogen-bond donors (Lipinski definition) is 2. The van der Waals surface area contributed by atoms with Crippen molar-refractivity contribution in [3.63, 3.8) is 0 Å². The Morgan fingerprint density at radius 2 is 1.93 bits per heavy atom. The minimum atomic E-state index is -4.38. The summed E-state index contributed by atoms with van der Waals surface area (Å²) in [6.45, 7) is 1.26. The maximum Gasteiger partial charge on any atom is 0.416 e. The summed E-state index contributed by atoms with van der Waals surface area (Å²) >= 11 is 0. The van der Waals surface area contributed by atoms with Crippen molar-refractivity contribution in [3.05, 3.63) is 65.5 Å². The van der Waals surface area contributed by atoms with Crippen molar-refractivity contribution in [1.82, 2.24) is 20.5 Å². The molecule has 0 unspecified atom stereocenters. The maximum absolute atomic E-state index is 13.2. The van der Waals surface area contributed by atoms with E-state index in [2.05, 4.69) is 15.6 Å². The zero-order valence-corrected chi connectivity index (χ0v) is 15.5. The molecule has 0 radical (unpaired) electrons. The molecular weight excluding hydrogens is 369 g/mol. The third-order valence-corrected chi connectivity index (χ3v) is 4.99. The number of carbonyl (C=O) groups is 1.